The Morgan fingerprint density at radius 2 is 2.25 bits per heavy atom. The van der Waals surface area contributed by atoms with Crippen molar-refractivity contribution in [3.8, 4) is 0 Å². The van der Waals surface area contributed by atoms with Gasteiger partial charge in [-0.05, 0) is 38.5 Å². The van der Waals surface area contributed by atoms with Crippen molar-refractivity contribution in [3.05, 3.63) is 10.6 Å². The summed E-state index contributed by atoms with van der Waals surface area (Å²) in [4.78, 5) is 17.0. The molecule has 0 aliphatic heterocycles. The Hall–Kier alpha value is -1.14. The molecule has 5 nitrogen and oxygen atoms in total. The Morgan fingerprint density at radius 1 is 1.40 bits per heavy atom. The van der Waals surface area contributed by atoms with Crippen LogP contribution in [0.15, 0.2) is 0 Å². The number of rotatable bonds is 4. The molecule has 0 radical (unpaired) electrons. The summed E-state index contributed by atoms with van der Waals surface area (Å²) in [7, 11) is 1.75. The van der Waals surface area contributed by atoms with Gasteiger partial charge in [-0.1, -0.05) is 0 Å². The van der Waals surface area contributed by atoms with Crippen molar-refractivity contribution in [2.24, 2.45) is 0 Å². The number of nitrogens with zero attached hydrogens (tertiary/aromatic N) is 1. The Labute approximate surface area is 122 Å². The highest BCUT2D eigenvalue weighted by Gasteiger charge is 2.32. The quantitative estimate of drug-likeness (QED) is 0.893. The van der Waals surface area contributed by atoms with E-state index in [1.807, 2.05) is 0 Å². The zero-order valence-electron chi connectivity index (χ0n) is 11.6. The summed E-state index contributed by atoms with van der Waals surface area (Å²) in [6.07, 6.45) is 6.18. The first kappa shape index (κ1) is 13.8. The smallest absolute Gasteiger partial charge is 0.312 e. The zero-order valence-corrected chi connectivity index (χ0v) is 12.4. The van der Waals surface area contributed by atoms with Crippen LogP contribution in [0.4, 0.5) is 5.13 Å². The van der Waals surface area contributed by atoms with Gasteiger partial charge in [0, 0.05) is 12.0 Å². The molecule has 1 aromatic heterocycles. The molecule has 1 heterocycles. The number of thiazole rings is 1. The van der Waals surface area contributed by atoms with Crippen molar-refractivity contribution in [3.63, 3.8) is 0 Å². The third kappa shape index (κ3) is 2.54. The second-order valence-corrected chi connectivity index (χ2v) is 6.65. The molecule has 0 amide bonds. The largest absolute Gasteiger partial charge is 0.481 e. The van der Waals surface area contributed by atoms with E-state index >= 15 is 0 Å². The van der Waals surface area contributed by atoms with Gasteiger partial charge < -0.3 is 15.2 Å². The summed E-state index contributed by atoms with van der Waals surface area (Å²) in [5.41, 5.74) is 0.781. The van der Waals surface area contributed by atoms with Crippen LogP contribution in [0.5, 0.6) is 0 Å². The maximum Gasteiger partial charge on any atom is 0.312 e. The van der Waals surface area contributed by atoms with E-state index in [0.717, 1.165) is 41.4 Å². The maximum atomic E-state index is 11.3. The van der Waals surface area contributed by atoms with Gasteiger partial charge in [-0.15, -0.1) is 11.3 Å². The molecule has 1 aromatic rings. The molecule has 2 aliphatic carbocycles. The third-order valence-electron chi connectivity index (χ3n) is 4.32. The van der Waals surface area contributed by atoms with Gasteiger partial charge in [0.25, 0.3) is 0 Å². The number of carbonyl (C=O) groups is 1. The Kier molecular flexibility index (Phi) is 3.94. The summed E-state index contributed by atoms with van der Waals surface area (Å²) in [5.74, 6) is -1.18. The number of fused-ring (bicyclic) bond motifs is 1. The summed E-state index contributed by atoms with van der Waals surface area (Å²) >= 11 is 1.61. The minimum Gasteiger partial charge on any atom is -0.481 e. The minimum atomic E-state index is -0.751. The molecular formula is C14H20N2O3S. The molecular weight excluding hydrogens is 276 g/mol. The topological polar surface area (TPSA) is 71.5 Å². The second kappa shape index (κ2) is 5.69. The van der Waals surface area contributed by atoms with Gasteiger partial charge in [-0.25, -0.2) is 4.98 Å². The molecule has 6 heteroatoms. The third-order valence-corrected chi connectivity index (χ3v) is 5.38. The van der Waals surface area contributed by atoms with Crippen LogP contribution >= 0.6 is 11.3 Å². The number of aliphatic carboxylic acids is 1. The van der Waals surface area contributed by atoms with E-state index in [1.165, 1.54) is 6.42 Å². The van der Waals surface area contributed by atoms with E-state index < -0.39 is 11.9 Å². The van der Waals surface area contributed by atoms with Crippen molar-refractivity contribution >= 4 is 22.4 Å². The predicted octanol–water partition coefficient (Wildman–Crippen LogP) is 2.63. The first-order chi connectivity index (χ1) is 9.69. The van der Waals surface area contributed by atoms with E-state index in [2.05, 4.69) is 10.3 Å². The van der Waals surface area contributed by atoms with E-state index in [-0.39, 0.29) is 6.10 Å². The van der Waals surface area contributed by atoms with E-state index in [0.29, 0.717) is 12.5 Å². The number of nitrogens with one attached hydrogen (secondary N) is 1. The molecule has 110 valence electrons. The van der Waals surface area contributed by atoms with E-state index in [9.17, 15) is 9.90 Å². The van der Waals surface area contributed by atoms with Gasteiger partial charge in [-0.2, -0.15) is 0 Å². The van der Waals surface area contributed by atoms with Crippen molar-refractivity contribution < 1.29 is 14.6 Å². The second-order valence-electron chi connectivity index (χ2n) is 5.57. The highest BCUT2D eigenvalue weighted by Crippen LogP contribution is 2.37. The fourth-order valence-electron chi connectivity index (χ4n) is 3.25. The van der Waals surface area contributed by atoms with Gasteiger partial charge >= 0.3 is 5.97 Å². The zero-order chi connectivity index (χ0) is 14.1. The molecule has 2 aliphatic rings. The fourth-order valence-corrected chi connectivity index (χ4v) is 4.38. The number of methoxy groups -OCH3 is 1. The summed E-state index contributed by atoms with van der Waals surface area (Å²) in [6, 6.07) is 0.302. The Balaban J connectivity index is 1.77. The highest BCUT2D eigenvalue weighted by atomic mass is 32.1. The van der Waals surface area contributed by atoms with Gasteiger partial charge in [-0.3, -0.25) is 4.79 Å². The number of aryl methyl sites for hydroxylation is 1. The summed E-state index contributed by atoms with van der Waals surface area (Å²) < 4.78 is 5.48. The predicted molar refractivity (Wildman–Crippen MR) is 77.5 cm³/mol. The molecule has 3 atom stereocenters. The van der Waals surface area contributed by atoms with Crippen molar-refractivity contribution in [2.75, 3.05) is 12.4 Å². The Bertz CT molecular complexity index is 503. The normalized spacial score (nSPS) is 29.1. The molecule has 1 saturated carbocycles. The molecule has 3 rings (SSSR count). The van der Waals surface area contributed by atoms with Gasteiger partial charge in [0.15, 0.2) is 5.13 Å². The average Bonchev–Trinajstić information content (AvgIpc) is 3.03. The lowest BCUT2D eigenvalue weighted by Gasteiger charge is -2.18. The number of anilines is 1. The number of ether oxygens (including phenoxy) is 1. The van der Waals surface area contributed by atoms with Crippen LogP contribution in [-0.4, -0.2) is 35.3 Å². The first-order valence-corrected chi connectivity index (χ1v) is 8.02. The number of aromatic nitrogens is 1. The van der Waals surface area contributed by atoms with Crippen molar-refractivity contribution in [1.82, 2.24) is 4.98 Å². The lowest BCUT2D eigenvalue weighted by molar-refractivity contribution is -0.139. The van der Waals surface area contributed by atoms with E-state index in [1.54, 1.807) is 18.4 Å². The van der Waals surface area contributed by atoms with Crippen LogP contribution < -0.4 is 5.32 Å². The molecule has 0 bridgehead atoms. The van der Waals surface area contributed by atoms with Crippen LogP contribution in [0.2, 0.25) is 0 Å². The molecule has 3 unspecified atom stereocenters. The molecule has 2 N–H and O–H groups in total. The summed E-state index contributed by atoms with van der Waals surface area (Å²) in [6.45, 7) is 0. The molecule has 0 aromatic carbocycles. The van der Waals surface area contributed by atoms with Crippen LogP contribution in [0.1, 0.15) is 48.6 Å². The van der Waals surface area contributed by atoms with Crippen LogP contribution in [0.25, 0.3) is 0 Å². The van der Waals surface area contributed by atoms with E-state index in [4.69, 9.17) is 4.74 Å². The number of carboxylic acid groups (broad SMARTS) is 1. The maximum absolute atomic E-state index is 11.3. The monoisotopic (exact) mass is 296 g/mol. The van der Waals surface area contributed by atoms with Crippen molar-refractivity contribution in [1.29, 1.82) is 0 Å². The Morgan fingerprint density at radius 3 is 3.00 bits per heavy atom. The van der Waals surface area contributed by atoms with Crippen molar-refractivity contribution in [2.45, 2.75) is 56.6 Å². The lowest BCUT2D eigenvalue weighted by Crippen LogP contribution is -2.29. The van der Waals surface area contributed by atoms with Crippen LogP contribution in [-0.2, 0) is 16.0 Å². The first-order valence-electron chi connectivity index (χ1n) is 7.20. The van der Waals surface area contributed by atoms with Gasteiger partial charge in [0.1, 0.15) is 5.92 Å². The molecule has 0 saturated heterocycles. The standard InChI is InChI=1S/C14H20N2O3S/c1-19-10-6-3-5-9(10)15-14-16-12-8(13(17)18)4-2-7-11(12)20-14/h8-10H,2-7H2,1H3,(H,15,16)(H,17,18). The highest BCUT2D eigenvalue weighted by molar-refractivity contribution is 7.15. The number of hydrogen-bond acceptors (Lipinski definition) is 5. The SMILES string of the molecule is COC1CCCC1Nc1nc2c(s1)CCCC2C(=O)O. The lowest BCUT2D eigenvalue weighted by atomic mass is 9.91. The summed E-state index contributed by atoms with van der Waals surface area (Å²) in [5, 5.41) is 13.6. The average molecular weight is 296 g/mol. The van der Waals surface area contributed by atoms with Crippen LogP contribution in [0.3, 0.4) is 0 Å². The molecule has 20 heavy (non-hydrogen) atoms. The van der Waals surface area contributed by atoms with Crippen LogP contribution in [0, 0.1) is 0 Å². The molecule has 0 spiro atoms. The van der Waals surface area contributed by atoms with Gasteiger partial charge in [0.2, 0.25) is 0 Å². The number of hydrogen-bond donors (Lipinski definition) is 2. The minimum absolute atomic E-state index is 0.242. The molecule has 1 fully saturated rings. The fraction of sp³-hybridized carbons (Fsp3) is 0.714. The number of carboxylic acids is 1. The van der Waals surface area contributed by atoms with Gasteiger partial charge in [0.05, 0.1) is 17.8 Å².